The van der Waals surface area contributed by atoms with Crippen LogP contribution < -0.4 is 10.6 Å². The highest BCUT2D eigenvalue weighted by molar-refractivity contribution is 7.98. The predicted molar refractivity (Wildman–Crippen MR) is 67.9 cm³/mol. The van der Waals surface area contributed by atoms with Crippen molar-refractivity contribution in [3.05, 3.63) is 0 Å². The molecule has 1 rings (SSSR count). The summed E-state index contributed by atoms with van der Waals surface area (Å²) in [6, 6.07) is 0. The van der Waals surface area contributed by atoms with E-state index in [0.717, 1.165) is 38.2 Å². The lowest BCUT2D eigenvalue weighted by Crippen LogP contribution is -2.33. The van der Waals surface area contributed by atoms with E-state index in [1.165, 1.54) is 0 Å². The Kier molecular flexibility index (Phi) is 7.63. The summed E-state index contributed by atoms with van der Waals surface area (Å²) < 4.78 is 5.65. The van der Waals surface area contributed by atoms with E-state index in [9.17, 15) is 4.79 Å². The van der Waals surface area contributed by atoms with Gasteiger partial charge in [0.1, 0.15) is 0 Å². The van der Waals surface area contributed by atoms with Crippen molar-refractivity contribution in [2.45, 2.75) is 25.4 Å². The van der Waals surface area contributed by atoms with E-state index in [-0.39, 0.29) is 5.91 Å². The predicted octanol–water partition coefficient (Wildman–Crippen LogP) is 0.624. The van der Waals surface area contributed by atoms with E-state index < -0.39 is 0 Å². The molecule has 1 heterocycles. The van der Waals surface area contributed by atoms with Gasteiger partial charge in [-0.25, -0.2) is 0 Å². The average molecular weight is 246 g/mol. The molecule has 0 aromatic carbocycles. The summed E-state index contributed by atoms with van der Waals surface area (Å²) in [4.78, 5) is 11.3. The average Bonchev–Trinajstić information content (AvgIpc) is 2.31. The molecule has 4 nitrogen and oxygen atoms in total. The van der Waals surface area contributed by atoms with Crippen molar-refractivity contribution in [1.29, 1.82) is 0 Å². The van der Waals surface area contributed by atoms with Crippen LogP contribution in [-0.4, -0.2) is 50.3 Å². The minimum Gasteiger partial charge on any atom is -0.378 e. The monoisotopic (exact) mass is 246 g/mol. The van der Waals surface area contributed by atoms with Gasteiger partial charge in [0, 0.05) is 18.7 Å². The molecule has 1 amide bonds. The van der Waals surface area contributed by atoms with Crippen molar-refractivity contribution in [1.82, 2.24) is 10.6 Å². The minimum atomic E-state index is 0.1000. The molecule has 16 heavy (non-hydrogen) atoms. The third-order valence-corrected chi connectivity index (χ3v) is 3.21. The molecular formula is C11H22N2O2S. The maximum Gasteiger partial charge on any atom is 0.222 e. The van der Waals surface area contributed by atoms with Crippen LogP contribution in [0.3, 0.4) is 0 Å². The van der Waals surface area contributed by atoms with Crippen molar-refractivity contribution in [3.8, 4) is 0 Å². The summed E-state index contributed by atoms with van der Waals surface area (Å²) in [5.41, 5.74) is 0. The van der Waals surface area contributed by atoms with E-state index in [0.29, 0.717) is 19.1 Å². The fourth-order valence-electron chi connectivity index (χ4n) is 1.66. The first-order valence-corrected chi connectivity index (χ1v) is 7.30. The number of amides is 1. The second-order valence-electron chi connectivity index (χ2n) is 3.91. The number of carbonyl (C=O) groups is 1. The van der Waals surface area contributed by atoms with Gasteiger partial charge in [-0.2, -0.15) is 11.8 Å². The molecule has 0 bridgehead atoms. The lowest BCUT2D eigenvalue weighted by Gasteiger charge is -2.22. The highest BCUT2D eigenvalue weighted by Gasteiger charge is 2.13. The van der Waals surface area contributed by atoms with E-state index in [2.05, 4.69) is 10.6 Å². The lowest BCUT2D eigenvalue weighted by atomic mass is 10.1. The number of rotatable bonds is 7. The first-order valence-electron chi connectivity index (χ1n) is 5.91. The second-order valence-corrected chi connectivity index (χ2v) is 4.90. The number of nitrogens with one attached hydrogen (secondary N) is 2. The van der Waals surface area contributed by atoms with Gasteiger partial charge in [0.25, 0.3) is 0 Å². The fraction of sp³-hybridized carbons (Fsp3) is 0.909. The molecule has 0 aliphatic carbocycles. The summed E-state index contributed by atoms with van der Waals surface area (Å²) >= 11 is 1.74. The Balaban J connectivity index is 1.94. The topological polar surface area (TPSA) is 50.4 Å². The van der Waals surface area contributed by atoms with Crippen molar-refractivity contribution in [2.75, 3.05) is 38.2 Å². The molecule has 0 radical (unpaired) electrons. The molecule has 0 saturated carbocycles. The third-order valence-electron chi connectivity index (χ3n) is 2.60. The molecule has 0 spiro atoms. The molecule has 2 N–H and O–H groups in total. The Bertz CT molecular complexity index is 196. The summed E-state index contributed by atoms with van der Waals surface area (Å²) in [6.07, 6.45) is 4.99. The maximum atomic E-state index is 11.3. The third kappa shape index (κ3) is 6.35. The number of hydrogen-bond acceptors (Lipinski definition) is 4. The summed E-state index contributed by atoms with van der Waals surface area (Å²) in [5.74, 6) is 1.07. The maximum absolute atomic E-state index is 11.3. The molecule has 0 atom stereocenters. The van der Waals surface area contributed by atoms with E-state index in [1.54, 1.807) is 11.8 Å². The van der Waals surface area contributed by atoms with Crippen LogP contribution in [0.1, 0.15) is 19.3 Å². The zero-order chi connectivity index (χ0) is 11.6. The van der Waals surface area contributed by atoms with Crippen LogP contribution in [-0.2, 0) is 9.53 Å². The van der Waals surface area contributed by atoms with Crippen LogP contribution in [0.4, 0.5) is 0 Å². The molecule has 1 fully saturated rings. The van der Waals surface area contributed by atoms with Crippen molar-refractivity contribution in [3.63, 3.8) is 0 Å². The summed E-state index contributed by atoms with van der Waals surface area (Å²) in [7, 11) is 0. The molecule has 1 aliphatic rings. The largest absolute Gasteiger partial charge is 0.378 e. The van der Waals surface area contributed by atoms with Gasteiger partial charge < -0.3 is 15.4 Å². The van der Waals surface area contributed by atoms with Gasteiger partial charge >= 0.3 is 0 Å². The zero-order valence-corrected chi connectivity index (χ0v) is 10.8. The smallest absolute Gasteiger partial charge is 0.222 e. The first-order chi connectivity index (χ1) is 7.83. The molecular weight excluding hydrogens is 224 g/mol. The Labute approximate surface area is 102 Å². The van der Waals surface area contributed by atoms with E-state index in [4.69, 9.17) is 4.74 Å². The number of piperidine rings is 1. The molecule has 0 aromatic heterocycles. The standard InChI is InChI=1S/C11H22N2O2S/c1-16-9-7-13-11(14)4-8-15-10-2-5-12-6-3-10/h10,12H,2-9H2,1H3,(H,13,14). The van der Waals surface area contributed by atoms with Gasteiger partial charge in [-0.3, -0.25) is 4.79 Å². The molecule has 0 aromatic rings. The van der Waals surface area contributed by atoms with Gasteiger partial charge in [0.2, 0.25) is 5.91 Å². The lowest BCUT2D eigenvalue weighted by molar-refractivity contribution is -0.122. The second kappa shape index (κ2) is 8.84. The normalized spacial score (nSPS) is 17.3. The van der Waals surface area contributed by atoms with Crippen LogP contribution in [0.15, 0.2) is 0 Å². The van der Waals surface area contributed by atoms with Gasteiger partial charge in [0.15, 0.2) is 0 Å². The van der Waals surface area contributed by atoms with Crippen LogP contribution in [0, 0.1) is 0 Å². The van der Waals surface area contributed by atoms with Crippen molar-refractivity contribution >= 4 is 17.7 Å². The van der Waals surface area contributed by atoms with Crippen molar-refractivity contribution in [2.24, 2.45) is 0 Å². The molecule has 5 heteroatoms. The Hall–Kier alpha value is -0.260. The number of ether oxygens (including phenoxy) is 1. The molecule has 0 unspecified atom stereocenters. The number of hydrogen-bond donors (Lipinski definition) is 2. The Morgan fingerprint density at radius 2 is 2.25 bits per heavy atom. The summed E-state index contributed by atoms with van der Waals surface area (Å²) in [5, 5.41) is 6.16. The summed E-state index contributed by atoms with van der Waals surface area (Å²) in [6.45, 7) is 3.37. The van der Waals surface area contributed by atoms with Gasteiger partial charge in [-0.15, -0.1) is 0 Å². The van der Waals surface area contributed by atoms with Crippen LogP contribution in [0.5, 0.6) is 0 Å². The molecule has 94 valence electrons. The number of thioether (sulfide) groups is 1. The quantitative estimate of drug-likeness (QED) is 0.647. The van der Waals surface area contributed by atoms with Gasteiger partial charge in [-0.05, 0) is 32.2 Å². The van der Waals surface area contributed by atoms with Crippen LogP contribution in [0.2, 0.25) is 0 Å². The fourth-order valence-corrected chi connectivity index (χ4v) is 1.97. The number of carbonyl (C=O) groups excluding carboxylic acids is 1. The van der Waals surface area contributed by atoms with Crippen molar-refractivity contribution < 1.29 is 9.53 Å². The highest BCUT2D eigenvalue weighted by Crippen LogP contribution is 2.07. The van der Waals surface area contributed by atoms with Gasteiger partial charge in [-0.1, -0.05) is 0 Å². The van der Waals surface area contributed by atoms with E-state index >= 15 is 0 Å². The zero-order valence-electron chi connectivity index (χ0n) is 9.96. The highest BCUT2D eigenvalue weighted by atomic mass is 32.2. The first kappa shape index (κ1) is 13.8. The molecule has 1 aliphatic heterocycles. The Morgan fingerprint density at radius 1 is 1.50 bits per heavy atom. The van der Waals surface area contributed by atoms with Crippen LogP contribution in [0.25, 0.3) is 0 Å². The van der Waals surface area contributed by atoms with Crippen LogP contribution >= 0.6 is 11.8 Å². The molecule has 1 saturated heterocycles. The SMILES string of the molecule is CSCCNC(=O)CCOC1CCNCC1. The van der Waals surface area contributed by atoms with Gasteiger partial charge in [0.05, 0.1) is 12.7 Å². The van der Waals surface area contributed by atoms with E-state index in [1.807, 2.05) is 6.26 Å². The minimum absolute atomic E-state index is 0.1000. The Morgan fingerprint density at radius 3 is 2.94 bits per heavy atom.